The molecule has 3 rings (SSSR count). The first-order chi connectivity index (χ1) is 9.52. The summed E-state index contributed by atoms with van der Waals surface area (Å²) in [7, 11) is 0. The van der Waals surface area contributed by atoms with Crippen LogP contribution >= 0.6 is 12.4 Å². The average molecular weight is 321 g/mol. The zero-order chi connectivity index (χ0) is 14.3. The second kappa shape index (κ2) is 5.85. The third-order valence-electron chi connectivity index (χ3n) is 4.32. The number of carbonyl (C=O) groups is 1. The number of nitrogens with zero attached hydrogens (tertiary/aromatic N) is 1. The van der Waals surface area contributed by atoms with Crippen molar-refractivity contribution in [2.75, 3.05) is 26.2 Å². The number of carbonyl (C=O) groups excluding carboxylic acids is 1. The van der Waals surface area contributed by atoms with E-state index in [1.54, 1.807) is 0 Å². The normalized spacial score (nSPS) is 24.4. The van der Waals surface area contributed by atoms with Crippen molar-refractivity contribution >= 4 is 18.3 Å². The highest BCUT2D eigenvalue weighted by molar-refractivity contribution is 5.94. The highest BCUT2D eigenvalue weighted by Gasteiger charge is 2.42. The van der Waals surface area contributed by atoms with Gasteiger partial charge in [0, 0.05) is 25.0 Å². The van der Waals surface area contributed by atoms with E-state index >= 15 is 0 Å². The van der Waals surface area contributed by atoms with Crippen LogP contribution in [-0.4, -0.2) is 37.0 Å². The van der Waals surface area contributed by atoms with Gasteiger partial charge in [0.25, 0.3) is 5.91 Å². The first-order valence-electron chi connectivity index (χ1n) is 6.66. The molecule has 1 N–H and O–H groups in total. The van der Waals surface area contributed by atoms with Crippen LogP contribution in [0.15, 0.2) is 12.1 Å². The summed E-state index contributed by atoms with van der Waals surface area (Å²) in [5.74, 6) is -4.84. The second-order valence-corrected chi connectivity index (χ2v) is 5.63. The molecule has 1 amide bonds. The molecule has 1 atom stereocenters. The van der Waals surface area contributed by atoms with Gasteiger partial charge in [0.15, 0.2) is 17.5 Å². The fourth-order valence-electron chi connectivity index (χ4n) is 3.11. The van der Waals surface area contributed by atoms with Crippen molar-refractivity contribution < 1.29 is 18.0 Å². The molecule has 1 unspecified atom stereocenters. The molecule has 0 aliphatic carbocycles. The molecule has 1 aromatic carbocycles. The van der Waals surface area contributed by atoms with E-state index in [1.165, 1.54) is 4.90 Å². The minimum atomic E-state index is -1.59. The molecule has 0 radical (unpaired) electrons. The number of amides is 1. The first-order valence-corrected chi connectivity index (χ1v) is 6.66. The van der Waals surface area contributed by atoms with Crippen molar-refractivity contribution in [2.45, 2.75) is 12.8 Å². The van der Waals surface area contributed by atoms with E-state index in [4.69, 9.17) is 0 Å². The van der Waals surface area contributed by atoms with E-state index in [0.717, 1.165) is 38.1 Å². The molecule has 0 aromatic heterocycles. The summed E-state index contributed by atoms with van der Waals surface area (Å²) in [6.45, 7) is 2.83. The van der Waals surface area contributed by atoms with E-state index in [1.807, 2.05) is 0 Å². The van der Waals surface area contributed by atoms with Crippen molar-refractivity contribution in [3.63, 3.8) is 0 Å². The first kappa shape index (κ1) is 16.1. The number of hydrogen-bond acceptors (Lipinski definition) is 2. The van der Waals surface area contributed by atoms with Crippen LogP contribution in [0.4, 0.5) is 13.2 Å². The Morgan fingerprint density at radius 3 is 2.62 bits per heavy atom. The average Bonchev–Trinajstić information content (AvgIpc) is 3.07. The monoisotopic (exact) mass is 320 g/mol. The maximum atomic E-state index is 13.7. The fourth-order valence-corrected chi connectivity index (χ4v) is 3.11. The minimum absolute atomic E-state index is 0. The van der Waals surface area contributed by atoms with Crippen molar-refractivity contribution in [3.05, 3.63) is 35.1 Å². The number of likely N-dealkylation sites (tertiary alicyclic amines) is 1. The zero-order valence-corrected chi connectivity index (χ0v) is 12.1. The third-order valence-corrected chi connectivity index (χ3v) is 4.32. The summed E-state index contributed by atoms with van der Waals surface area (Å²) >= 11 is 0. The Balaban J connectivity index is 0.00000161. The second-order valence-electron chi connectivity index (χ2n) is 5.63. The third kappa shape index (κ3) is 2.74. The molecule has 1 spiro atoms. The van der Waals surface area contributed by atoms with Crippen LogP contribution < -0.4 is 5.32 Å². The molecule has 2 aliphatic rings. The summed E-state index contributed by atoms with van der Waals surface area (Å²) in [6, 6.07) is 1.79. The van der Waals surface area contributed by atoms with Gasteiger partial charge in [-0.2, -0.15) is 0 Å². The number of nitrogens with one attached hydrogen (secondary N) is 1. The minimum Gasteiger partial charge on any atom is -0.338 e. The SMILES string of the molecule is Cl.O=C(c1ccc(F)c(F)c1F)N1CCC2(CCNC2)C1. The van der Waals surface area contributed by atoms with Gasteiger partial charge < -0.3 is 10.2 Å². The largest absolute Gasteiger partial charge is 0.338 e. The van der Waals surface area contributed by atoms with Gasteiger partial charge in [-0.1, -0.05) is 0 Å². The smallest absolute Gasteiger partial charge is 0.256 e. The summed E-state index contributed by atoms with van der Waals surface area (Å²) in [5, 5.41) is 3.26. The molecule has 2 aliphatic heterocycles. The van der Waals surface area contributed by atoms with Crippen LogP contribution in [0.25, 0.3) is 0 Å². The van der Waals surface area contributed by atoms with Gasteiger partial charge >= 0.3 is 0 Å². The van der Waals surface area contributed by atoms with Crippen molar-refractivity contribution in [1.82, 2.24) is 10.2 Å². The van der Waals surface area contributed by atoms with E-state index < -0.39 is 28.9 Å². The Labute approximate surface area is 126 Å². The molecule has 2 saturated heterocycles. The lowest BCUT2D eigenvalue weighted by Crippen LogP contribution is -2.33. The molecule has 2 heterocycles. The van der Waals surface area contributed by atoms with Crippen LogP contribution in [0.1, 0.15) is 23.2 Å². The predicted molar refractivity (Wildman–Crippen MR) is 74.0 cm³/mol. The standard InChI is InChI=1S/C14H15F3N2O.ClH/c15-10-2-1-9(11(16)12(10)17)13(20)19-6-4-14(8-19)3-5-18-7-14;/h1-2,18H,3-8H2;1H. The lowest BCUT2D eigenvalue weighted by molar-refractivity contribution is 0.0769. The molecular formula is C14H16ClF3N2O. The molecule has 116 valence electrons. The quantitative estimate of drug-likeness (QED) is 0.806. The van der Waals surface area contributed by atoms with Gasteiger partial charge in [0.2, 0.25) is 0 Å². The molecular weight excluding hydrogens is 305 g/mol. The van der Waals surface area contributed by atoms with E-state index in [-0.39, 0.29) is 17.8 Å². The van der Waals surface area contributed by atoms with Gasteiger partial charge in [-0.3, -0.25) is 4.79 Å². The molecule has 2 fully saturated rings. The fraction of sp³-hybridized carbons (Fsp3) is 0.500. The molecule has 7 heteroatoms. The van der Waals surface area contributed by atoms with Gasteiger partial charge in [-0.15, -0.1) is 12.4 Å². The van der Waals surface area contributed by atoms with Gasteiger partial charge in [0.1, 0.15) is 0 Å². The van der Waals surface area contributed by atoms with Crippen molar-refractivity contribution in [2.24, 2.45) is 5.41 Å². The summed E-state index contributed by atoms with van der Waals surface area (Å²) < 4.78 is 39.8. The Hall–Kier alpha value is -1.27. The van der Waals surface area contributed by atoms with Crippen LogP contribution in [0.5, 0.6) is 0 Å². The summed E-state index contributed by atoms with van der Waals surface area (Å²) in [6.07, 6.45) is 1.84. The van der Waals surface area contributed by atoms with Crippen LogP contribution in [0, 0.1) is 22.9 Å². The van der Waals surface area contributed by atoms with Crippen LogP contribution in [0.3, 0.4) is 0 Å². The highest BCUT2D eigenvalue weighted by Crippen LogP contribution is 2.36. The highest BCUT2D eigenvalue weighted by atomic mass is 35.5. The number of hydrogen-bond donors (Lipinski definition) is 1. The topological polar surface area (TPSA) is 32.3 Å². The van der Waals surface area contributed by atoms with Crippen molar-refractivity contribution in [1.29, 1.82) is 0 Å². The van der Waals surface area contributed by atoms with Gasteiger partial charge in [-0.05, 0) is 31.5 Å². The lowest BCUT2D eigenvalue weighted by Gasteiger charge is -2.23. The molecule has 0 saturated carbocycles. The maximum Gasteiger partial charge on any atom is 0.256 e. The number of rotatable bonds is 1. The van der Waals surface area contributed by atoms with Crippen LogP contribution in [0.2, 0.25) is 0 Å². The molecule has 0 bridgehead atoms. The Kier molecular flexibility index (Phi) is 4.49. The molecule has 3 nitrogen and oxygen atoms in total. The number of halogens is 4. The Morgan fingerprint density at radius 2 is 1.95 bits per heavy atom. The van der Waals surface area contributed by atoms with Crippen molar-refractivity contribution in [3.8, 4) is 0 Å². The maximum absolute atomic E-state index is 13.7. The van der Waals surface area contributed by atoms with Crippen LogP contribution in [-0.2, 0) is 0 Å². The zero-order valence-electron chi connectivity index (χ0n) is 11.3. The number of benzene rings is 1. The van der Waals surface area contributed by atoms with E-state index in [2.05, 4.69) is 5.32 Å². The predicted octanol–water partition coefficient (Wildman–Crippen LogP) is 2.35. The van der Waals surface area contributed by atoms with Gasteiger partial charge in [0.05, 0.1) is 5.56 Å². The van der Waals surface area contributed by atoms with E-state index in [0.29, 0.717) is 13.1 Å². The molecule has 21 heavy (non-hydrogen) atoms. The van der Waals surface area contributed by atoms with Gasteiger partial charge in [-0.25, -0.2) is 13.2 Å². The Bertz CT molecular complexity index is 561. The molecule has 1 aromatic rings. The van der Waals surface area contributed by atoms with E-state index in [9.17, 15) is 18.0 Å². The lowest BCUT2D eigenvalue weighted by atomic mass is 9.86. The summed E-state index contributed by atoms with van der Waals surface area (Å²) in [4.78, 5) is 13.8. The summed E-state index contributed by atoms with van der Waals surface area (Å²) in [5.41, 5.74) is -0.336. The Morgan fingerprint density at radius 1 is 1.19 bits per heavy atom.